The van der Waals surface area contributed by atoms with Crippen molar-refractivity contribution in [3.8, 4) is 54.9 Å². The van der Waals surface area contributed by atoms with E-state index in [4.69, 9.17) is 12.6 Å². The number of hydrogen-bond donors (Lipinski definition) is 1. The monoisotopic (exact) mass is 692 g/mol. The normalized spacial score (nSPS) is 11.5. The van der Waals surface area contributed by atoms with Gasteiger partial charge in [0.2, 0.25) is 5.82 Å². The van der Waals surface area contributed by atoms with Gasteiger partial charge in [0.05, 0.1) is 5.56 Å². The molecule has 1 aromatic heterocycles. The summed E-state index contributed by atoms with van der Waals surface area (Å²) >= 11 is 6.45. The Bertz CT molecular complexity index is 2360. The molecule has 0 nitrogen and oxygen atoms in total. The van der Waals surface area contributed by atoms with Crippen LogP contribution in [0.1, 0.15) is 22.3 Å². The van der Waals surface area contributed by atoms with E-state index in [0.29, 0.717) is 36.5 Å². The van der Waals surface area contributed by atoms with Gasteiger partial charge in [-0.25, -0.2) is 22.0 Å². The van der Waals surface area contributed by atoms with Gasteiger partial charge in [-0.2, -0.15) is 0 Å². The summed E-state index contributed by atoms with van der Waals surface area (Å²) in [5, 5.41) is 0.351. The molecule has 0 unspecified atom stereocenters. The van der Waals surface area contributed by atoms with Crippen LogP contribution in [-0.2, 0) is 0 Å². The molecule has 244 valence electrons. The molecule has 1 heterocycles. The van der Waals surface area contributed by atoms with Gasteiger partial charge in [0, 0.05) is 42.1 Å². The summed E-state index contributed by atoms with van der Waals surface area (Å²) in [6.45, 7) is 7.83. The minimum Gasteiger partial charge on any atom is -0.203 e. The second kappa shape index (κ2) is 12.6. The predicted octanol–water partition coefficient (Wildman–Crippen LogP) is 13.5. The molecule has 6 aromatic carbocycles. The first kappa shape index (κ1) is 32.8. The van der Waals surface area contributed by atoms with Crippen LogP contribution in [0.4, 0.5) is 22.0 Å². The third kappa shape index (κ3) is 5.55. The van der Waals surface area contributed by atoms with E-state index in [0.717, 1.165) is 44.5 Å². The largest absolute Gasteiger partial charge is 0.203 e. The molecule has 49 heavy (non-hydrogen) atoms. The summed E-state index contributed by atoms with van der Waals surface area (Å²) in [6, 6.07) is 30.8. The minimum atomic E-state index is -2.20. The third-order valence-corrected chi connectivity index (χ3v) is 10.6. The van der Waals surface area contributed by atoms with Crippen LogP contribution in [0.15, 0.2) is 102 Å². The van der Waals surface area contributed by atoms with E-state index in [2.05, 4.69) is 0 Å². The van der Waals surface area contributed by atoms with E-state index < -0.39 is 34.6 Å². The number of thiophene rings is 1. The predicted molar refractivity (Wildman–Crippen MR) is 195 cm³/mol. The van der Waals surface area contributed by atoms with Crippen molar-refractivity contribution >= 4 is 34.1 Å². The van der Waals surface area contributed by atoms with Crippen molar-refractivity contribution in [2.45, 2.75) is 32.6 Å². The topological polar surface area (TPSA) is 0 Å². The first-order valence-electron chi connectivity index (χ1n) is 15.6. The van der Waals surface area contributed by atoms with Crippen LogP contribution in [0.3, 0.4) is 0 Å². The highest BCUT2D eigenvalue weighted by molar-refractivity contribution is 7.80. The molecule has 7 heteroatoms. The molecule has 7 aromatic rings. The first-order valence-corrected chi connectivity index (χ1v) is 16.9. The Hall–Kier alpha value is -4.72. The van der Waals surface area contributed by atoms with Crippen molar-refractivity contribution in [2.24, 2.45) is 0 Å². The van der Waals surface area contributed by atoms with Gasteiger partial charge in [0.15, 0.2) is 23.3 Å². The number of halogens is 5. The van der Waals surface area contributed by atoms with Crippen LogP contribution in [-0.4, -0.2) is 0 Å². The molecule has 7 rings (SSSR count). The molecule has 0 saturated carbocycles. The molecule has 0 aliphatic rings. The standard InChI is InChI=1S/C42H29F5S2/c1-21-5-13-25(14-6-21)29-31(27-17-9-23(3)10-18-27)42-32(30(40(29)48)26-15-7-22(2)8-16-26)33(41(49-42)28-19-11-24(4)12-20-28)34-35(43)37(45)39(47)38(46)36(34)44/h5-20,48H,1-4H3. The second-order valence-electron chi connectivity index (χ2n) is 12.4. The van der Waals surface area contributed by atoms with Crippen molar-refractivity contribution in [1.82, 2.24) is 0 Å². The van der Waals surface area contributed by atoms with Crippen LogP contribution in [0.2, 0.25) is 0 Å². The SMILES string of the molecule is Cc1ccc(-c2sc3c(-c4ccc(C)cc4)c(-c4ccc(C)cc4)c(S)c(-c4ccc(C)cc4)c3c2-c2c(F)c(F)c(F)c(F)c2F)cc1. The van der Waals surface area contributed by atoms with Gasteiger partial charge in [0.1, 0.15) is 0 Å². The zero-order chi connectivity index (χ0) is 34.7. The van der Waals surface area contributed by atoms with Crippen molar-refractivity contribution < 1.29 is 22.0 Å². The number of hydrogen-bond acceptors (Lipinski definition) is 2. The Labute approximate surface area is 290 Å². The molecule has 0 radical (unpaired) electrons. The minimum absolute atomic E-state index is 0.0775. The highest BCUT2D eigenvalue weighted by Gasteiger charge is 2.34. The van der Waals surface area contributed by atoms with E-state index in [1.54, 1.807) is 12.1 Å². The molecule has 0 atom stereocenters. The van der Waals surface area contributed by atoms with Gasteiger partial charge >= 0.3 is 0 Å². The average molecular weight is 693 g/mol. The fourth-order valence-corrected chi connectivity index (χ4v) is 8.16. The van der Waals surface area contributed by atoms with Crippen molar-refractivity contribution in [2.75, 3.05) is 0 Å². The molecule has 0 aliphatic carbocycles. The molecule has 0 bridgehead atoms. The van der Waals surface area contributed by atoms with Crippen molar-refractivity contribution in [3.63, 3.8) is 0 Å². The van der Waals surface area contributed by atoms with Crippen molar-refractivity contribution in [3.05, 3.63) is 148 Å². The summed E-state index contributed by atoms with van der Waals surface area (Å²) in [5.74, 6) is -9.98. The lowest BCUT2D eigenvalue weighted by Crippen LogP contribution is -2.04. The van der Waals surface area contributed by atoms with Crippen LogP contribution in [0, 0.1) is 56.8 Å². The molecular weight excluding hydrogens is 664 g/mol. The molecule has 0 saturated heterocycles. The molecule has 0 N–H and O–H groups in total. The van der Waals surface area contributed by atoms with Crippen LogP contribution < -0.4 is 0 Å². The number of benzene rings is 6. The van der Waals surface area contributed by atoms with Crippen molar-refractivity contribution in [1.29, 1.82) is 0 Å². The van der Waals surface area contributed by atoms with E-state index in [1.165, 1.54) is 11.3 Å². The van der Waals surface area contributed by atoms with E-state index in [1.807, 2.05) is 113 Å². The summed E-state index contributed by atoms with van der Waals surface area (Å²) < 4.78 is 77.4. The lowest BCUT2D eigenvalue weighted by Gasteiger charge is -2.21. The maximum absolute atomic E-state index is 16.1. The molecule has 0 fully saturated rings. The fourth-order valence-electron chi connectivity index (χ4n) is 6.29. The molecular formula is C42H29F5S2. The maximum Gasteiger partial charge on any atom is 0.200 e. The quantitative estimate of drug-likeness (QED) is 0.0789. The first-order chi connectivity index (χ1) is 23.5. The number of fused-ring (bicyclic) bond motifs is 1. The third-order valence-electron chi connectivity index (χ3n) is 8.90. The van der Waals surface area contributed by atoms with Gasteiger partial charge in [0.25, 0.3) is 0 Å². The molecule has 0 aliphatic heterocycles. The Balaban J connectivity index is 1.79. The number of rotatable bonds is 5. The smallest absolute Gasteiger partial charge is 0.200 e. The summed E-state index contributed by atoms with van der Waals surface area (Å²) in [4.78, 5) is 0.878. The van der Waals surface area contributed by atoms with Crippen LogP contribution in [0.5, 0.6) is 0 Å². The van der Waals surface area contributed by atoms with E-state index in [9.17, 15) is 4.39 Å². The summed E-state index contributed by atoms with van der Waals surface area (Å²) in [6.07, 6.45) is 0. The highest BCUT2D eigenvalue weighted by Crippen LogP contribution is 2.57. The molecule has 0 amide bonds. The zero-order valence-corrected chi connectivity index (χ0v) is 28.7. The van der Waals surface area contributed by atoms with Gasteiger partial charge in [-0.15, -0.1) is 24.0 Å². The summed E-state index contributed by atoms with van der Waals surface area (Å²) in [5.41, 5.74) is 7.98. The van der Waals surface area contributed by atoms with Crippen LogP contribution in [0.25, 0.3) is 65.0 Å². The van der Waals surface area contributed by atoms with Gasteiger partial charge in [-0.05, 0) is 49.9 Å². The highest BCUT2D eigenvalue weighted by atomic mass is 32.1. The lowest BCUT2D eigenvalue weighted by atomic mass is 9.85. The lowest BCUT2D eigenvalue weighted by molar-refractivity contribution is 0.381. The number of aryl methyl sites for hydroxylation is 4. The van der Waals surface area contributed by atoms with Gasteiger partial charge in [-0.3, -0.25) is 0 Å². The van der Waals surface area contributed by atoms with Gasteiger partial charge in [-0.1, -0.05) is 119 Å². The second-order valence-corrected chi connectivity index (χ2v) is 13.9. The maximum atomic E-state index is 16.1. The van der Waals surface area contributed by atoms with Crippen LogP contribution >= 0.6 is 24.0 Å². The van der Waals surface area contributed by atoms with E-state index >= 15 is 17.6 Å². The van der Waals surface area contributed by atoms with Gasteiger partial charge < -0.3 is 0 Å². The van der Waals surface area contributed by atoms with E-state index in [-0.39, 0.29) is 5.56 Å². The Morgan fingerprint density at radius 1 is 0.388 bits per heavy atom. The Kier molecular flexibility index (Phi) is 8.45. The number of thiol groups is 1. The average Bonchev–Trinajstić information content (AvgIpc) is 3.47. The fraction of sp³-hybridized carbons (Fsp3) is 0.0952. The zero-order valence-electron chi connectivity index (χ0n) is 27.0. The molecule has 0 spiro atoms. The Morgan fingerprint density at radius 2 is 0.735 bits per heavy atom. The Morgan fingerprint density at radius 3 is 1.16 bits per heavy atom. The summed E-state index contributed by atoms with van der Waals surface area (Å²) in [7, 11) is 0.